The molecule has 4 fully saturated rings. The normalized spacial score (nSPS) is 39.0. The lowest BCUT2D eigenvalue weighted by Gasteiger charge is -2.55. The van der Waals surface area contributed by atoms with Crippen molar-refractivity contribution < 1.29 is 41.6 Å². The number of ether oxygens (including phenoxy) is 2. The van der Waals surface area contributed by atoms with Crippen molar-refractivity contribution in [2.75, 3.05) is 13.2 Å². The SMILES string of the molecule is CC1(C)COC2(CCC3=C4C(CCC3C2)C2CC(C(F)(F)C(F)(F)F)C(O)C2(C)C[C@@H]4c2ccc(O)cc2)OC1. The van der Waals surface area contributed by atoms with Crippen LogP contribution >= 0.6 is 0 Å². The molecule has 1 heterocycles. The van der Waals surface area contributed by atoms with Gasteiger partial charge in [-0.1, -0.05) is 44.1 Å². The van der Waals surface area contributed by atoms with Crippen molar-refractivity contribution in [2.45, 2.75) is 95.6 Å². The van der Waals surface area contributed by atoms with Crippen molar-refractivity contribution in [1.82, 2.24) is 0 Å². The fourth-order valence-corrected chi connectivity index (χ4v) is 8.82. The first-order valence-electron chi connectivity index (χ1n) is 14.5. The van der Waals surface area contributed by atoms with Crippen molar-refractivity contribution >= 4 is 0 Å². The van der Waals surface area contributed by atoms with Crippen LogP contribution in [0.5, 0.6) is 5.75 Å². The lowest BCUT2D eigenvalue weighted by Crippen LogP contribution is -2.52. The molecular formula is C31H39F5O4. The molecule has 0 bridgehead atoms. The van der Waals surface area contributed by atoms with E-state index in [1.807, 2.05) is 0 Å². The summed E-state index contributed by atoms with van der Waals surface area (Å²) in [5, 5.41) is 21.1. The predicted octanol–water partition coefficient (Wildman–Crippen LogP) is 7.36. The molecule has 3 saturated carbocycles. The maximum atomic E-state index is 14.8. The summed E-state index contributed by atoms with van der Waals surface area (Å²) in [4.78, 5) is 0. The van der Waals surface area contributed by atoms with Gasteiger partial charge < -0.3 is 19.7 Å². The molecule has 2 N–H and O–H groups in total. The second kappa shape index (κ2) is 9.14. The Hall–Kier alpha value is -1.71. The van der Waals surface area contributed by atoms with Crippen LogP contribution in [0.25, 0.3) is 0 Å². The van der Waals surface area contributed by atoms with E-state index in [1.165, 1.54) is 5.57 Å². The van der Waals surface area contributed by atoms with E-state index in [-0.39, 0.29) is 41.8 Å². The molecule has 1 aromatic rings. The number of hydrogen-bond donors (Lipinski definition) is 2. The van der Waals surface area contributed by atoms with Crippen molar-refractivity contribution in [3.63, 3.8) is 0 Å². The number of phenolic OH excluding ortho intramolecular Hbond substituents is 1. The molecular weight excluding hydrogens is 531 g/mol. The molecule has 0 amide bonds. The summed E-state index contributed by atoms with van der Waals surface area (Å²) >= 11 is 0. The molecule has 222 valence electrons. The van der Waals surface area contributed by atoms with Crippen LogP contribution in [0.1, 0.15) is 77.2 Å². The maximum Gasteiger partial charge on any atom is 0.453 e. The Kier molecular flexibility index (Phi) is 6.49. The minimum Gasteiger partial charge on any atom is -0.508 e. The molecule has 7 atom stereocenters. The van der Waals surface area contributed by atoms with Gasteiger partial charge in [-0.25, -0.2) is 0 Å². The number of hydrogen-bond acceptors (Lipinski definition) is 4. The van der Waals surface area contributed by atoms with Gasteiger partial charge in [-0.3, -0.25) is 0 Å². The lowest BCUT2D eigenvalue weighted by molar-refractivity contribution is -0.312. The van der Waals surface area contributed by atoms with Crippen molar-refractivity contribution in [1.29, 1.82) is 0 Å². The van der Waals surface area contributed by atoms with Gasteiger partial charge in [-0.05, 0) is 73.0 Å². The van der Waals surface area contributed by atoms with Gasteiger partial charge in [0.15, 0.2) is 5.79 Å². The minimum atomic E-state index is -5.72. The zero-order chi connectivity index (χ0) is 28.9. The largest absolute Gasteiger partial charge is 0.508 e. The smallest absolute Gasteiger partial charge is 0.453 e. The summed E-state index contributed by atoms with van der Waals surface area (Å²) in [6.45, 7) is 7.13. The molecule has 1 spiro atoms. The average Bonchev–Trinajstić information content (AvgIpc) is 3.16. The number of benzene rings is 1. The number of fused-ring (bicyclic) bond motifs is 4. The van der Waals surface area contributed by atoms with E-state index in [1.54, 1.807) is 31.2 Å². The van der Waals surface area contributed by atoms with Gasteiger partial charge in [0.05, 0.1) is 25.2 Å². The third kappa shape index (κ3) is 4.32. The third-order valence-electron chi connectivity index (χ3n) is 10.9. The zero-order valence-electron chi connectivity index (χ0n) is 23.2. The summed E-state index contributed by atoms with van der Waals surface area (Å²) in [5.41, 5.74) is 2.15. The topological polar surface area (TPSA) is 58.9 Å². The van der Waals surface area contributed by atoms with Crippen LogP contribution in [-0.4, -0.2) is 47.4 Å². The second-order valence-electron chi connectivity index (χ2n) is 14.1. The van der Waals surface area contributed by atoms with Gasteiger partial charge in [0.1, 0.15) is 5.75 Å². The fraction of sp³-hybridized carbons (Fsp3) is 0.742. The van der Waals surface area contributed by atoms with Crippen molar-refractivity contribution in [2.24, 2.45) is 34.5 Å². The molecule has 1 aromatic carbocycles. The molecule has 40 heavy (non-hydrogen) atoms. The first kappa shape index (κ1) is 28.4. The predicted molar refractivity (Wildman–Crippen MR) is 138 cm³/mol. The molecule has 0 aromatic heterocycles. The fourth-order valence-electron chi connectivity index (χ4n) is 8.82. The monoisotopic (exact) mass is 570 g/mol. The number of allylic oxidation sites excluding steroid dienone is 2. The third-order valence-corrected chi connectivity index (χ3v) is 10.9. The Morgan fingerprint density at radius 1 is 0.925 bits per heavy atom. The van der Waals surface area contributed by atoms with Crippen molar-refractivity contribution in [3.8, 4) is 5.75 Å². The average molecular weight is 571 g/mol. The maximum absolute atomic E-state index is 14.8. The van der Waals surface area contributed by atoms with Crippen LogP contribution in [0.3, 0.4) is 0 Å². The Morgan fingerprint density at radius 3 is 2.20 bits per heavy atom. The highest BCUT2D eigenvalue weighted by molar-refractivity contribution is 5.42. The van der Waals surface area contributed by atoms with Crippen molar-refractivity contribution in [3.05, 3.63) is 41.0 Å². The Morgan fingerprint density at radius 2 is 1.57 bits per heavy atom. The van der Waals surface area contributed by atoms with Crippen LogP contribution in [0.4, 0.5) is 22.0 Å². The summed E-state index contributed by atoms with van der Waals surface area (Å²) < 4.78 is 82.6. The molecule has 1 aliphatic heterocycles. The highest BCUT2D eigenvalue weighted by Crippen LogP contribution is 2.68. The van der Waals surface area contributed by atoms with E-state index in [0.29, 0.717) is 32.5 Å². The van der Waals surface area contributed by atoms with Gasteiger partial charge in [-0.15, -0.1) is 0 Å². The van der Waals surface area contributed by atoms with Crippen LogP contribution in [0.15, 0.2) is 35.4 Å². The Labute approximate surface area is 231 Å². The van der Waals surface area contributed by atoms with Gasteiger partial charge in [0.2, 0.25) is 0 Å². The summed E-state index contributed by atoms with van der Waals surface area (Å²) in [7, 11) is 0. The molecule has 4 nitrogen and oxygen atoms in total. The molecule has 9 heteroatoms. The first-order chi connectivity index (χ1) is 18.6. The molecule has 1 saturated heterocycles. The minimum absolute atomic E-state index is 0.0578. The number of rotatable bonds is 2. The number of aliphatic hydroxyl groups excluding tert-OH is 1. The number of halogens is 5. The van der Waals surface area contributed by atoms with Crippen LogP contribution < -0.4 is 0 Å². The van der Waals surface area contributed by atoms with E-state index in [0.717, 1.165) is 24.0 Å². The summed E-state index contributed by atoms with van der Waals surface area (Å²) in [5.74, 6) is -8.40. The summed E-state index contributed by atoms with van der Waals surface area (Å²) in [6.07, 6.45) is -4.03. The zero-order valence-corrected chi connectivity index (χ0v) is 23.2. The highest BCUT2D eigenvalue weighted by atomic mass is 19.4. The molecule has 6 unspecified atom stereocenters. The van der Waals surface area contributed by atoms with E-state index in [4.69, 9.17) is 9.47 Å². The van der Waals surface area contributed by atoms with Crippen LogP contribution in [0.2, 0.25) is 0 Å². The van der Waals surface area contributed by atoms with Gasteiger partial charge in [-0.2, -0.15) is 22.0 Å². The van der Waals surface area contributed by atoms with E-state index < -0.39 is 41.2 Å². The molecule has 0 radical (unpaired) electrons. The van der Waals surface area contributed by atoms with E-state index >= 15 is 0 Å². The quantitative estimate of drug-likeness (QED) is 0.288. The lowest BCUT2D eigenvalue weighted by atomic mass is 9.52. The molecule has 6 rings (SSSR count). The molecule has 5 aliphatic rings. The number of aliphatic hydroxyl groups is 1. The number of alkyl halides is 5. The van der Waals surface area contributed by atoms with Crippen LogP contribution in [-0.2, 0) is 9.47 Å². The first-order valence-corrected chi connectivity index (χ1v) is 14.5. The Bertz CT molecular complexity index is 1170. The van der Waals surface area contributed by atoms with Gasteiger partial charge >= 0.3 is 12.1 Å². The number of phenols is 1. The van der Waals surface area contributed by atoms with E-state index in [2.05, 4.69) is 13.8 Å². The molecule has 4 aliphatic carbocycles. The summed E-state index contributed by atoms with van der Waals surface area (Å²) in [6, 6.07) is 6.77. The van der Waals surface area contributed by atoms with Crippen LogP contribution in [0, 0.1) is 34.5 Å². The van der Waals surface area contributed by atoms with Gasteiger partial charge in [0.25, 0.3) is 0 Å². The standard InChI is InChI=1S/C31H39F5O4/c1-27(2)15-39-29(40-16-27)11-10-20-18(13-29)6-9-21-23-12-24(30(32,33)31(34,35)36)26(38)28(23,3)14-22(25(20)21)17-4-7-19(37)8-5-17/h4-5,7-8,18,21-24,26,37-38H,6,9-16H2,1-3H3/t18?,21?,22-,23?,24?,26?,28?/m1/s1. The highest BCUT2D eigenvalue weighted by Gasteiger charge is 2.71. The Balaban J connectivity index is 1.40. The second-order valence-corrected chi connectivity index (χ2v) is 14.1. The number of aromatic hydroxyl groups is 1. The van der Waals surface area contributed by atoms with E-state index in [9.17, 15) is 32.2 Å². The van der Waals surface area contributed by atoms with Gasteiger partial charge in [0, 0.05) is 24.2 Å².